The van der Waals surface area contributed by atoms with Crippen LogP contribution in [-0.2, 0) is 0 Å². The number of ether oxygens (including phenoxy) is 1. The van der Waals surface area contributed by atoms with E-state index in [0.717, 1.165) is 5.56 Å². The summed E-state index contributed by atoms with van der Waals surface area (Å²) in [6, 6.07) is 4.88. The first kappa shape index (κ1) is 8.97. The highest BCUT2D eigenvalue weighted by molar-refractivity contribution is 5.38. The van der Waals surface area contributed by atoms with E-state index >= 15 is 0 Å². The molecule has 0 aliphatic heterocycles. The number of benzene rings is 1. The summed E-state index contributed by atoms with van der Waals surface area (Å²) in [7, 11) is 0. The Hall–Kier alpha value is -1.12. The number of aryl methyl sites for hydroxylation is 1. The van der Waals surface area contributed by atoms with Gasteiger partial charge in [-0.25, -0.2) is 0 Å². The second kappa shape index (κ2) is 3.52. The fraction of sp³-hybridized carbons (Fsp3) is 0.222. The normalized spacial score (nSPS) is 10.4. The first-order chi connectivity index (χ1) is 5.59. The molecule has 1 aromatic rings. The molecule has 0 saturated carbocycles. The highest BCUT2D eigenvalue weighted by atomic mass is 19.3. The molecule has 12 heavy (non-hydrogen) atoms. The van der Waals surface area contributed by atoms with Crippen molar-refractivity contribution in [3.8, 4) is 5.75 Å². The van der Waals surface area contributed by atoms with E-state index in [-0.39, 0.29) is 5.75 Å². The molecular weight excluding hydrogens is 162 g/mol. The van der Waals surface area contributed by atoms with E-state index < -0.39 is 6.61 Å². The molecule has 0 aliphatic rings. The van der Waals surface area contributed by atoms with Crippen LogP contribution in [0.4, 0.5) is 8.78 Å². The van der Waals surface area contributed by atoms with Crippen LogP contribution in [0.3, 0.4) is 0 Å². The monoisotopic (exact) mass is 171 g/mol. The fourth-order valence-corrected chi connectivity index (χ4v) is 0.919. The third-order valence-corrected chi connectivity index (χ3v) is 1.43. The van der Waals surface area contributed by atoms with Crippen LogP contribution in [-0.4, -0.2) is 6.61 Å². The minimum absolute atomic E-state index is 0.135. The smallest absolute Gasteiger partial charge is 0.387 e. The lowest BCUT2D eigenvalue weighted by Crippen LogP contribution is -2.03. The van der Waals surface area contributed by atoms with Gasteiger partial charge in [-0.15, -0.1) is 0 Å². The Bertz CT molecular complexity index is 271. The van der Waals surface area contributed by atoms with Crippen LogP contribution < -0.4 is 4.74 Å². The predicted molar refractivity (Wildman–Crippen MR) is 42.3 cm³/mol. The summed E-state index contributed by atoms with van der Waals surface area (Å²) in [5.74, 6) is 0.135. The predicted octanol–water partition coefficient (Wildman–Crippen LogP) is 2.78. The molecule has 3 heteroatoms. The highest BCUT2D eigenvalue weighted by Crippen LogP contribution is 2.20. The van der Waals surface area contributed by atoms with E-state index in [0.29, 0.717) is 5.56 Å². The largest absolute Gasteiger partial charge is 0.435 e. The molecule has 0 aliphatic carbocycles. The van der Waals surface area contributed by atoms with Crippen LogP contribution in [0, 0.1) is 13.8 Å². The maximum atomic E-state index is 11.8. The molecule has 1 rings (SSSR count). The van der Waals surface area contributed by atoms with Crippen molar-refractivity contribution in [1.82, 2.24) is 0 Å². The number of halogens is 2. The summed E-state index contributed by atoms with van der Waals surface area (Å²) >= 11 is 0. The molecule has 0 bridgehead atoms. The Morgan fingerprint density at radius 3 is 2.58 bits per heavy atom. The van der Waals surface area contributed by atoms with Gasteiger partial charge in [-0.3, -0.25) is 0 Å². The molecule has 0 heterocycles. The third kappa shape index (κ3) is 2.19. The average molecular weight is 171 g/mol. The van der Waals surface area contributed by atoms with Gasteiger partial charge in [0.2, 0.25) is 0 Å². The summed E-state index contributed by atoms with van der Waals surface area (Å²) in [5, 5.41) is 0. The van der Waals surface area contributed by atoms with Crippen molar-refractivity contribution < 1.29 is 13.5 Å². The third-order valence-electron chi connectivity index (χ3n) is 1.43. The van der Waals surface area contributed by atoms with Crippen molar-refractivity contribution >= 4 is 0 Å². The Labute approximate surface area is 70.0 Å². The number of hydrogen-bond acceptors (Lipinski definition) is 1. The van der Waals surface area contributed by atoms with E-state index in [2.05, 4.69) is 11.7 Å². The zero-order valence-corrected chi connectivity index (χ0v) is 6.68. The summed E-state index contributed by atoms with van der Waals surface area (Å²) in [6.45, 7) is 2.65. The molecule has 0 amide bonds. The first-order valence-corrected chi connectivity index (χ1v) is 3.47. The molecular formula is C9H9F2O. The molecule has 0 atom stereocenters. The number of hydrogen-bond donors (Lipinski definition) is 0. The molecule has 0 N–H and O–H groups in total. The summed E-state index contributed by atoms with van der Waals surface area (Å²) in [6.07, 6.45) is 0. The average Bonchev–Trinajstić information content (AvgIpc) is 1.94. The van der Waals surface area contributed by atoms with Gasteiger partial charge in [-0.05, 0) is 25.5 Å². The number of rotatable bonds is 2. The van der Waals surface area contributed by atoms with Crippen molar-refractivity contribution in [2.24, 2.45) is 0 Å². The Morgan fingerprint density at radius 1 is 1.42 bits per heavy atom. The van der Waals surface area contributed by atoms with Crippen LogP contribution in [0.2, 0.25) is 0 Å². The molecule has 65 valence electrons. The summed E-state index contributed by atoms with van der Waals surface area (Å²) in [4.78, 5) is 0. The Morgan fingerprint density at radius 2 is 2.08 bits per heavy atom. The van der Waals surface area contributed by atoms with E-state index in [9.17, 15) is 8.78 Å². The minimum atomic E-state index is -2.78. The van der Waals surface area contributed by atoms with Crippen molar-refractivity contribution in [2.75, 3.05) is 0 Å². The molecule has 0 saturated heterocycles. The van der Waals surface area contributed by atoms with E-state index in [1.165, 1.54) is 6.07 Å². The second-order valence-corrected chi connectivity index (χ2v) is 2.49. The van der Waals surface area contributed by atoms with Gasteiger partial charge in [-0.1, -0.05) is 17.7 Å². The Kier molecular flexibility index (Phi) is 2.63. The van der Waals surface area contributed by atoms with Gasteiger partial charge in [0, 0.05) is 0 Å². The SMILES string of the molecule is [CH2]c1cc(C)ccc1OC(F)F. The molecule has 0 spiro atoms. The lowest BCUT2D eigenvalue weighted by atomic mass is 10.1. The Balaban J connectivity index is 2.86. The highest BCUT2D eigenvalue weighted by Gasteiger charge is 2.06. The van der Waals surface area contributed by atoms with Crippen molar-refractivity contribution in [2.45, 2.75) is 13.5 Å². The van der Waals surface area contributed by atoms with Crippen molar-refractivity contribution in [3.05, 3.63) is 36.2 Å². The second-order valence-electron chi connectivity index (χ2n) is 2.49. The molecule has 1 nitrogen and oxygen atoms in total. The zero-order chi connectivity index (χ0) is 9.14. The van der Waals surface area contributed by atoms with Crippen LogP contribution in [0.15, 0.2) is 18.2 Å². The van der Waals surface area contributed by atoms with Crippen LogP contribution in [0.25, 0.3) is 0 Å². The lowest BCUT2D eigenvalue weighted by molar-refractivity contribution is -0.0501. The van der Waals surface area contributed by atoms with Gasteiger partial charge in [-0.2, -0.15) is 8.78 Å². The number of alkyl halides is 2. The van der Waals surface area contributed by atoms with Crippen molar-refractivity contribution in [3.63, 3.8) is 0 Å². The van der Waals surface area contributed by atoms with E-state index in [1.807, 2.05) is 6.92 Å². The minimum Gasteiger partial charge on any atom is -0.435 e. The van der Waals surface area contributed by atoms with Gasteiger partial charge < -0.3 is 4.74 Å². The van der Waals surface area contributed by atoms with Crippen LogP contribution >= 0.6 is 0 Å². The maximum absolute atomic E-state index is 11.8. The topological polar surface area (TPSA) is 9.23 Å². The van der Waals surface area contributed by atoms with Gasteiger partial charge in [0.15, 0.2) is 0 Å². The van der Waals surface area contributed by atoms with Crippen molar-refractivity contribution in [1.29, 1.82) is 0 Å². The van der Waals surface area contributed by atoms with Gasteiger partial charge in [0.1, 0.15) is 5.75 Å². The van der Waals surface area contributed by atoms with Crippen LogP contribution in [0.1, 0.15) is 11.1 Å². The standard InChI is InChI=1S/C9H9F2O/c1-6-3-4-8(7(2)5-6)12-9(10)11/h3-5,9H,2H2,1H3. The lowest BCUT2D eigenvalue weighted by Gasteiger charge is -2.07. The summed E-state index contributed by atoms with van der Waals surface area (Å²) < 4.78 is 27.7. The van der Waals surface area contributed by atoms with Gasteiger partial charge >= 0.3 is 6.61 Å². The van der Waals surface area contributed by atoms with E-state index in [1.54, 1.807) is 12.1 Å². The molecule has 0 fully saturated rings. The van der Waals surface area contributed by atoms with Crippen LogP contribution in [0.5, 0.6) is 5.75 Å². The summed E-state index contributed by atoms with van der Waals surface area (Å²) in [5.41, 5.74) is 1.46. The fourth-order valence-electron chi connectivity index (χ4n) is 0.919. The first-order valence-electron chi connectivity index (χ1n) is 3.47. The van der Waals surface area contributed by atoms with Gasteiger partial charge in [0.05, 0.1) is 0 Å². The maximum Gasteiger partial charge on any atom is 0.387 e. The van der Waals surface area contributed by atoms with Gasteiger partial charge in [0.25, 0.3) is 0 Å². The zero-order valence-electron chi connectivity index (χ0n) is 6.68. The molecule has 0 unspecified atom stereocenters. The molecule has 0 aromatic heterocycles. The molecule has 1 radical (unpaired) electrons. The quantitative estimate of drug-likeness (QED) is 0.664. The molecule has 1 aromatic carbocycles. The van der Waals surface area contributed by atoms with E-state index in [4.69, 9.17) is 0 Å².